The van der Waals surface area contributed by atoms with Crippen LogP contribution < -0.4 is 20.3 Å². The lowest BCUT2D eigenvalue weighted by Gasteiger charge is -2.18. The van der Waals surface area contributed by atoms with E-state index in [0.717, 1.165) is 11.1 Å². The Morgan fingerprint density at radius 3 is 2.59 bits per heavy atom. The molecule has 0 saturated heterocycles. The number of aromatic amines is 1. The van der Waals surface area contributed by atoms with E-state index < -0.39 is 0 Å². The minimum absolute atomic E-state index is 0.317. The molecule has 1 amide bonds. The van der Waals surface area contributed by atoms with Gasteiger partial charge in [-0.3, -0.25) is 9.59 Å². The zero-order valence-corrected chi connectivity index (χ0v) is 17.2. The van der Waals surface area contributed by atoms with Crippen molar-refractivity contribution < 1.29 is 18.7 Å². The number of H-pyrrole nitrogens is 1. The van der Waals surface area contributed by atoms with Gasteiger partial charge >= 0.3 is 0 Å². The fraction of sp³-hybridized carbons (Fsp3) is 0.167. The maximum atomic E-state index is 13.1. The molecule has 2 aromatic carbocycles. The predicted octanol–water partition coefficient (Wildman–Crippen LogP) is 3.70. The molecule has 0 fully saturated rings. The summed E-state index contributed by atoms with van der Waals surface area (Å²) >= 11 is 0. The van der Waals surface area contributed by atoms with Gasteiger partial charge in [0, 0.05) is 18.0 Å². The molecule has 0 radical (unpaired) electrons. The summed E-state index contributed by atoms with van der Waals surface area (Å²) in [4.78, 5) is 28.3. The Morgan fingerprint density at radius 1 is 1.06 bits per heavy atom. The molecule has 1 atom stereocenters. The molecule has 3 heterocycles. The van der Waals surface area contributed by atoms with Crippen molar-refractivity contribution >= 4 is 11.4 Å². The van der Waals surface area contributed by atoms with Crippen LogP contribution in [0.15, 0.2) is 65.7 Å². The Kier molecular flexibility index (Phi) is 4.89. The molecule has 1 aliphatic rings. The SMILES string of the molecule is C[C@H](NC(=O)c1cc2c(=O)[nH]c(-c3ccc4c(c3)OCCO4)cn2c1)c1ccc(F)cc1. The standard InChI is InChI=1S/C24H20FN3O4/c1-14(15-2-5-18(25)6-3-15)26-23(29)17-10-20-24(30)27-19(13-28(20)12-17)16-4-7-21-22(11-16)32-9-8-31-21/h2-7,10-14H,8-9H2,1H3,(H,26,29)(H,27,30)/t14-/m0/s1. The number of fused-ring (bicyclic) bond motifs is 2. The van der Waals surface area contributed by atoms with E-state index in [1.807, 2.05) is 19.1 Å². The number of benzene rings is 2. The van der Waals surface area contributed by atoms with Crippen LogP contribution in [0.5, 0.6) is 11.5 Å². The minimum Gasteiger partial charge on any atom is -0.486 e. The summed E-state index contributed by atoms with van der Waals surface area (Å²) in [6.45, 7) is 2.79. The fourth-order valence-corrected chi connectivity index (χ4v) is 3.72. The molecule has 0 aliphatic carbocycles. The van der Waals surface area contributed by atoms with Crippen LogP contribution in [0.25, 0.3) is 16.8 Å². The number of hydrogen-bond acceptors (Lipinski definition) is 4. The monoisotopic (exact) mass is 433 g/mol. The van der Waals surface area contributed by atoms with E-state index in [2.05, 4.69) is 10.3 Å². The quantitative estimate of drug-likeness (QED) is 0.514. The Balaban J connectivity index is 1.43. The summed E-state index contributed by atoms with van der Waals surface area (Å²) in [5, 5.41) is 2.88. The van der Waals surface area contributed by atoms with Crippen molar-refractivity contribution in [3.05, 3.63) is 88.2 Å². The number of aromatic nitrogens is 2. The zero-order valence-electron chi connectivity index (χ0n) is 17.2. The predicted molar refractivity (Wildman–Crippen MR) is 117 cm³/mol. The Hall–Kier alpha value is -4.07. The van der Waals surface area contributed by atoms with Gasteiger partial charge in [-0.2, -0.15) is 0 Å². The lowest BCUT2D eigenvalue weighted by molar-refractivity contribution is 0.0940. The van der Waals surface area contributed by atoms with E-state index in [1.54, 1.807) is 41.1 Å². The van der Waals surface area contributed by atoms with E-state index in [0.29, 0.717) is 41.5 Å². The highest BCUT2D eigenvalue weighted by atomic mass is 19.1. The molecule has 1 aliphatic heterocycles. The molecule has 8 heteroatoms. The number of hydrogen-bond donors (Lipinski definition) is 2. The maximum absolute atomic E-state index is 13.1. The molecule has 2 N–H and O–H groups in total. The Morgan fingerprint density at radius 2 is 1.81 bits per heavy atom. The molecule has 0 saturated carbocycles. The van der Waals surface area contributed by atoms with Gasteiger partial charge in [0.1, 0.15) is 24.5 Å². The number of halogens is 1. The van der Waals surface area contributed by atoms with E-state index in [9.17, 15) is 14.0 Å². The highest BCUT2D eigenvalue weighted by Gasteiger charge is 2.17. The van der Waals surface area contributed by atoms with Gasteiger partial charge < -0.3 is 24.2 Å². The van der Waals surface area contributed by atoms with Gasteiger partial charge in [-0.05, 0) is 48.9 Å². The van der Waals surface area contributed by atoms with Crippen molar-refractivity contribution in [3.8, 4) is 22.8 Å². The fourth-order valence-electron chi connectivity index (χ4n) is 3.72. The number of carbonyl (C=O) groups is 1. The second-order valence-electron chi connectivity index (χ2n) is 7.62. The average Bonchev–Trinajstić information content (AvgIpc) is 3.24. The summed E-state index contributed by atoms with van der Waals surface area (Å²) in [7, 11) is 0. The second kappa shape index (κ2) is 7.88. The first-order valence-electron chi connectivity index (χ1n) is 10.2. The zero-order chi connectivity index (χ0) is 22.2. The third kappa shape index (κ3) is 3.71. The van der Waals surface area contributed by atoms with E-state index >= 15 is 0 Å². The highest BCUT2D eigenvalue weighted by molar-refractivity contribution is 5.95. The van der Waals surface area contributed by atoms with Crippen LogP contribution >= 0.6 is 0 Å². The first kappa shape index (κ1) is 19.9. The number of ether oxygens (including phenoxy) is 2. The van der Waals surface area contributed by atoms with Crippen LogP contribution in [0.4, 0.5) is 4.39 Å². The third-order valence-electron chi connectivity index (χ3n) is 5.43. The number of nitrogens with zero attached hydrogens (tertiary/aromatic N) is 1. The van der Waals surface area contributed by atoms with Crippen LogP contribution in [0.2, 0.25) is 0 Å². The number of rotatable bonds is 4. The van der Waals surface area contributed by atoms with Crippen molar-refractivity contribution in [2.24, 2.45) is 0 Å². The van der Waals surface area contributed by atoms with E-state index in [4.69, 9.17) is 9.47 Å². The lowest BCUT2D eigenvalue weighted by Crippen LogP contribution is -2.26. The van der Waals surface area contributed by atoms with Gasteiger partial charge in [0.15, 0.2) is 11.5 Å². The highest BCUT2D eigenvalue weighted by Crippen LogP contribution is 2.33. The molecular weight excluding hydrogens is 413 g/mol. The van der Waals surface area contributed by atoms with Gasteiger partial charge in [-0.25, -0.2) is 4.39 Å². The van der Waals surface area contributed by atoms with Gasteiger partial charge in [-0.1, -0.05) is 12.1 Å². The van der Waals surface area contributed by atoms with Gasteiger partial charge in [0.2, 0.25) is 0 Å². The molecule has 32 heavy (non-hydrogen) atoms. The molecule has 0 unspecified atom stereocenters. The van der Waals surface area contributed by atoms with Crippen LogP contribution in [-0.2, 0) is 0 Å². The summed E-state index contributed by atoms with van der Waals surface area (Å²) in [5.41, 5.74) is 2.51. The lowest BCUT2D eigenvalue weighted by atomic mass is 10.1. The number of nitrogens with one attached hydrogen (secondary N) is 2. The molecule has 4 aromatic rings. The van der Waals surface area contributed by atoms with Crippen LogP contribution in [0, 0.1) is 5.82 Å². The van der Waals surface area contributed by atoms with Crippen molar-refractivity contribution in [3.63, 3.8) is 0 Å². The van der Waals surface area contributed by atoms with Crippen molar-refractivity contribution in [1.82, 2.24) is 14.7 Å². The van der Waals surface area contributed by atoms with E-state index in [-0.39, 0.29) is 23.3 Å². The van der Waals surface area contributed by atoms with E-state index in [1.165, 1.54) is 12.1 Å². The Labute approximate surface area is 182 Å². The molecule has 0 bridgehead atoms. The second-order valence-corrected chi connectivity index (χ2v) is 7.62. The van der Waals surface area contributed by atoms with Crippen molar-refractivity contribution in [2.45, 2.75) is 13.0 Å². The summed E-state index contributed by atoms with van der Waals surface area (Å²) in [6, 6.07) is 12.6. The third-order valence-corrected chi connectivity index (χ3v) is 5.43. The smallest absolute Gasteiger partial charge is 0.272 e. The van der Waals surface area contributed by atoms with Gasteiger partial charge in [0.05, 0.1) is 17.3 Å². The van der Waals surface area contributed by atoms with Crippen molar-refractivity contribution in [2.75, 3.05) is 13.2 Å². The van der Waals surface area contributed by atoms with Crippen LogP contribution in [0.3, 0.4) is 0 Å². The molecular formula is C24H20FN3O4. The van der Waals surface area contributed by atoms with Gasteiger partial charge in [0.25, 0.3) is 11.5 Å². The molecule has 0 spiro atoms. The minimum atomic E-state index is -0.334. The largest absolute Gasteiger partial charge is 0.486 e. The summed E-state index contributed by atoms with van der Waals surface area (Å²) in [6.07, 6.45) is 3.36. The molecule has 7 nitrogen and oxygen atoms in total. The first-order valence-corrected chi connectivity index (χ1v) is 10.2. The van der Waals surface area contributed by atoms with Crippen LogP contribution in [0.1, 0.15) is 28.9 Å². The molecule has 5 rings (SSSR count). The Bertz CT molecular complexity index is 1370. The number of carbonyl (C=O) groups excluding carboxylic acids is 1. The summed E-state index contributed by atoms with van der Waals surface area (Å²) < 4.78 is 25.9. The normalized spacial score (nSPS) is 13.7. The molecule has 2 aromatic heterocycles. The molecule has 162 valence electrons. The first-order chi connectivity index (χ1) is 15.5. The van der Waals surface area contributed by atoms with Gasteiger partial charge in [-0.15, -0.1) is 0 Å². The number of amides is 1. The topological polar surface area (TPSA) is 84.8 Å². The van der Waals surface area contributed by atoms with Crippen LogP contribution in [-0.4, -0.2) is 28.5 Å². The van der Waals surface area contributed by atoms with Crippen molar-refractivity contribution in [1.29, 1.82) is 0 Å². The summed E-state index contributed by atoms with van der Waals surface area (Å²) in [5.74, 6) is 0.625. The average molecular weight is 433 g/mol. The maximum Gasteiger partial charge on any atom is 0.272 e.